The largest absolute Gasteiger partial charge is 0.491 e. The summed E-state index contributed by atoms with van der Waals surface area (Å²) in [6.07, 6.45) is -0.824. The number of ether oxygens (including phenoxy) is 1. The summed E-state index contributed by atoms with van der Waals surface area (Å²) in [5, 5.41) is 40.1. The van der Waals surface area contributed by atoms with Crippen LogP contribution < -0.4 is 10.1 Å². The lowest BCUT2D eigenvalue weighted by molar-refractivity contribution is 0.0260. The Morgan fingerprint density at radius 3 is 2.05 bits per heavy atom. The number of nitrogens with one attached hydrogen (secondary N) is 1. The summed E-state index contributed by atoms with van der Waals surface area (Å²) in [5.41, 5.74) is 0.968. The van der Waals surface area contributed by atoms with Gasteiger partial charge in [-0.1, -0.05) is 6.07 Å². The molecule has 120 valence electrons. The van der Waals surface area contributed by atoms with Crippen molar-refractivity contribution < 1.29 is 25.2 Å². The summed E-state index contributed by atoms with van der Waals surface area (Å²) in [5.74, 6) is 0.685. The molecule has 1 aromatic carbocycles. The van der Waals surface area contributed by atoms with E-state index < -0.39 is 31.5 Å². The zero-order valence-electron chi connectivity index (χ0n) is 12.5. The smallest absolute Gasteiger partial charge is 0.119 e. The van der Waals surface area contributed by atoms with Crippen molar-refractivity contribution in [1.29, 1.82) is 0 Å². The molecule has 1 unspecified atom stereocenters. The van der Waals surface area contributed by atoms with Gasteiger partial charge < -0.3 is 30.5 Å². The molecule has 0 heterocycles. The Balaban J connectivity index is 2.45. The Morgan fingerprint density at radius 1 is 1.05 bits per heavy atom. The lowest BCUT2D eigenvalue weighted by Gasteiger charge is -2.29. The average molecular weight is 299 g/mol. The number of rotatable bonds is 9. The lowest BCUT2D eigenvalue weighted by Crippen LogP contribution is -2.57. The van der Waals surface area contributed by atoms with E-state index in [4.69, 9.17) is 20.1 Å². The van der Waals surface area contributed by atoms with Crippen molar-refractivity contribution in [2.24, 2.45) is 0 Å². The topological polar surface area (TPSA) is 102 Å². The first-order valence-electron chi connectivity index (χ1n) is 6.91. The van der Waals surface area contributed by atoms with Crippen molar-refractivity contribution in [2.45, 2.75) is 25.5 Å². The normalized spacial score (nSPS) is 13.2. The molecule has 0 amide bonds. The van der Waals surface area contributed by atoms with Crippen LogP contribution in [-0.4, -0.2) is 65.0 Å². The molecule has 0 fully saturated rings. The Morgan fingerprint density at radius 2 is 1.57 bits per heavy atom. The molecule has 0 aromatic heterocycles. The predicted molar refractivity (Wildman–Crippen MR) is 79.4 cm³/mol. The number of aliphatic hydroxyl groups excluding tert-OH is 4. The molecule has 0 aliphatic rings. The third-order valence-electron chi connectivity index (χ3n) is 3.26. The van der Waals surface area contributed by atoms with E-state index in [-0.39, 0.29) is 13.2 Å². The van der Waals surface area contributed by atoms with Gasteiger partial charge in [0.05, 0.1) is 25.4 Å². The van der Waals surface area contributed by atoms with Gasteiger partial charge in [-0.15, -0.1) is 0 Å². The molecule has 21 heavy (non-hydrogen) atoms. The van der Waals surface area contributed by atoms with Crippen LogP contribution in [0.1, 0.15) is 11.1 Å². The Kier molecular flexibility index (Phi) is 7.07. The quantitative estimate of drug-likeness (QED) is 0.415. The van der Waals surface area contributed by atoms with Crippen molar-refractivity contribution in [3.8, 4) is 5.75 Å². The fourth-order valence-corrected chi connectivity index (χ4v) is 1.92. The molecule has 0 saturated carbocycles. The van der Waals surface area contributed by atoms with E-state index in [0.29, 0.717) is 5.75 Å². The maximum Gasteiger partial charge on any atom is 0.119 e. The van der Waals surface area contributed by atoms with Crippen LogP contribution in [0.2, 0.25) is 0 Å². The van der Waals surface area contributed by atoms with Gasteiger partial charge in [-0.2, -0.15) is 0 Å². The van der Waals surface area contributed by atoms with E-state index in [1.807, 2.05) is 32.0 Å². The van der Waals surface area contributed by atoms with Crippen LogP contribution in [0.3, 0.4) is 0 Å². The molecule has 1 rings (SSSR count). The van der Waals surface area contributed by atoms with E-state index in [9.17, 15) is 5.11 Å². The molecule has 5 N–H and O–H groups in total. The number of hydrogen-bond acceptors (Lipinski definition) is 6. The first-order chi connectivity index (χ1) is 9.94. The molecular formula is C15H25NO5. The molecule has 6 heteroatoms. The van der Waals surface area contributed by atoms with Gasteiger partial charge >= 0.3 is 0 Å². The average Bonchev–Trinajstić information content (AvgIpc) is 2.46. The van der Waals surface area contributed by atoms with Gasteiger partial charge in [-0.25, -0.2) is 0 Å². The van der Waals surface area contributed by atoms with Crippen LogP contribution >= 0.6 is 0 Å². The highest BCUT2D eigenvalue weighted by atomic mass is 16.5. The Hall–Kier alpha value is -1.18. The summed E-state index contributed by atoms with van der Waals surface area (Å²) in [7, 11) is 0. The molecule has 0 saturated heterocycles. The molecule has 1 atom stereocenters. The summed E-state index contributed by atoms with van der Waals surface area (Å²) < 4.78 is 5.52. The molecule has 0 aliphatic carbocycles. The van der Waals surface area contributed by atoms with Gasteiger partial charge in [-0.3, -0.25) is 0 Å². The van der Waals surface area contributed by atoms with Gasteiger partial charge in [-0.05, 0) is 37.1 Å². The number of hydrogen-bond donors (Lipinski definition) is 5. The molecule has 0 bridgehead atoms. The second-order valence-corrected chi connectivity index (χ2v) is 5.42. The Labute approximate surface area is 125 Å². The van der Waals surface area contributed by atoms with E-state index in [1.54, 1.807) is 0 Å². The molecule has 6 nitrogen and oxygen atoms in total. The fraction of sp³-hybridized carbons (Fsp3) is 0.600. The van der Waals surface area contributed by atoms with E-state index in [2.05, 4.69) is 5.32 Å². The zero-order chi connectivity index (χ0) is 15.9. The monoisotopic (exact) mass is 299 g/mol. The fourth-order valence-electron chi connectivity index (χ4n) is 1.92. The summed E-state index contributed by atoms with van der Waals surface area (Å²) in [4.78, 5) is 0. The highest BCUT2D eigenvalue weighted by molar-refractivity contribution is 5.32. The molecular weight excluding hydrogens is 274 g/mol. The molecule has 1 aromatic rings. The molecule has 0 aliphatic heterocycles. The first-order valence-corrected chi connectivity index (χ1v) is 6.91. The second-order valence-electron chi connectivity index (χ2n) is 5.42. The van der Waals surface area contributed by atoms with Crippen molar-refractivity contribution in [3.63, 3.8) is 0 Å². The van der Waals surface area contributed by atoms with Gasteiger partial charge in [0.1, 0.15) is 18.5 Å². The lowest BCUT2D eigenvalue weighted by atomic mass is 10.0. The van der Waals surface area contributed by atoms with E-state index in [0.717, 1.165) is 11.1 Å². The van der Waals surface area contributed by atoms with Crippen molar-refractivity contribution in [1.82, 2.24) is 5.32 Å². The summed E-state index contributed by atoms with van der Waals surface area (Å²) in [6, 6.07) is 5.79. The second kappa shape index (κ2) is 8.31. The SMILES string of the molecule is Cc1cc(C)cc(OCC(O)CNC(CO)(CO)CO)c1. The van der Waals surface area contributed by atoms with Crippen molar-refractivity contribution in [2.75, 3.05) is 33.0 Å². The highest BCUT2D eigenvalue weighted by Crippen LogP contribution is 2.16. The van der Waals surface area contributed by atoms with Crippen LogP contribution in [0.15, 0.2) is 18.2 Å². The van der Waals surface area contributed by atoms with Crippen LogP contribution in [0.25, 0.3) is 0 Å². The summed E-state index contributed by atoms with van der Waals surface area (Å²) in [6.45, 7) is 2.83. The summed E-state index contributed by atoms with van der Waals surface area (Å²) >= 11 is 0. The molecule has 0 radical (unpaired) electrons. The third-order valence-corrected chi connectivity index (χ3v) is 3.26. The maximum absolute atomic E-state index is 9.87. The van der Waals surface area contributed by atoms with Crippen molar-refractivity contribution >= 4 is 0 Å². The molecule has 0 spiro atoms. The minimum Gasteiger partial charge on any atom is -0.491 e. The number of aliphatic hydroxyl groups is 4. The minimum atomic E-state index is -1.19. The van der Waals surface area contributed by atoms with Crippen LogP contribution in [0.5, 0.6) is 5.75 Å². The first kappa shape index (κ1) is 17.9. The van der Waals surface area contributed by atoms with Gasteiger partial charge in [0, 0.05) is 6.54 Å². The number of aryl methyl sites for hydroxylation is 2. The van der Waals surface area contributed by atoms with Gasteiger partial charge in [0.15, 0.2) is 0 Å². The van der Waals surface area contributed by atoms with Crippen LogP contribution in [0, 0.1) is 13.8 Å². The van der Waals surface area contributed by atoms with E-state index in [1.165, 1.54) is 0 Å². The van der Waals surface area contributed by atoms with Gasteiger partial charge in [0.25, 0.3) is 0 Å². The third kappa shape index (κ3) is 5.61. The van der Waals surface area contributed by atoms with Gasteiger partial charge in [0.2, 0.25) is 0 Å². The minimum absolute atomic E-state index is 0.0776. The van der Waals surface area contributed by atoms with Crippen molar-refractivity contribution in [3.05, 3.63) is 29.3 Å². The number of β-amino-alcohol motifs (C(OH)–C–C–N with tert-alkyl or cyclic N) is 1. The zero-order valence-corrected chi connectivity index (χ0v) is 12.5. The predicted octanol–water partition coefficient (Wildman–Crippen LogP) is -0.652. The number of benzene rings is 1. The van der Waals surface area contributed by atoms with E-state index >= 15 is 0 Å². The van der Waals surface area contributed by atoms with Crippen LogP contribution in [0.4, 0.5) is 0 Å². The Bertz CT molecular complexity index is 406. The maximum atomic E-state index is 9.87. The van der Waals surface area contributed by atoms with Crippen LogP contribution in [-0.2, 0) is 0 Å². The standard InChI is InChI=1S/C15H25NO5/c1-11-3-12(2)5-14(4-11)21-7-13(20)6-16-15(8-17,9-18)10-19/h3-5,13,16-20H,6-10H2,1-2H3. The highest BCUT2D eigenvalue weighted by Gasteiger charge is 2.28.